The Morgan fingerprint density at radius 3 is 2.75 bits per heavy atom. The molecule has 0 atom stereocenters. The molecular formula is C8H3ClN2O. The summed E-state index contributed by atoms with van der Waals surface area (Å²) in [5.41, 5.74) is 0.760. The van der Waals surface area contributed by atoms with Gasteiger partial charge in [0, 0.05) is 0 Å². The third-order valence-corrected chi connectivity index (χ3v) is 1.55. The second-order valence-corrected chi connectivity index (χ2v) is 2.39. The molecule has 0 aliphatic carbocycles. The molecule has 0 aliphatic heterocycles. The Balaban J connectivity index is 3.22. The minimum absolute atomic E-state index is 0.275. The van der Waals surface area contributed by atoms with Gasteiger partial charge in [0.1, 0.15) is 0 Å². The summed E-state index contributed by atoms with van der Waals surface area (Å²) in [4.78, 5) is 13.2. The lowest BCUT2D eigenvalue weighted by atomic mass is 10.2. The molecule has 0 N–H and O–H groups in total. The zero-order chi connectivity index (χ0) is 8.97. The second kappa shape index (κ2) is 3.68. The lowest BCUT2D eigenvalue weighted by Crippen LogP contribution is -1.73. The molecule has 4 heteroatoms. The Bertz CT molecular complexity index is 389. The van der Waals surface area contributed by atoms with Crippen molar-refractivity contribution in [3.05, 3.63) is 28.8 Å². The van der Waals surface area contributed by atoms with Crippen LogP contribution in [0.2, 0.25) is 5.02 Å². The van der Waals surface area contributed by atoms with Crippen molar-refractivity contribution in [3.63, 3.8) is 0 Å². The van der Waals surface area contributed by atoms with Gasteiger partial charge >= 0.3 is 0 Å². The molecule has 0 aliphatic rings. The molecule has 0 spiro atoms. The molecule has 1 aromatic carbocycles. The molecule has 0 amide bonds. The Labute approximate surface area is 73.9 Å². The van der Waals surface area contributed by atoms with Gasteiger partial charge in [-0.15, -0.1) is 0 Å². The highest BCUT2D eigenvalue weighted by molar-refractivity contribution is 6.33. The van der Waals surface area contributed by atoms with Gasteiger partial charge < -0.3 is 0 Å². The van der Waals surface area contributed by atoms with Crippen LogP contribution in [-0.4, -0.2) is 6.08 Å². The molecule has 0 radical (unpaired) electrons. The average Bonchev–Trinajstić information content (AvgIpc) is 2.09. The lowest BCUT2D eigenvalue weighted by molar-refractivity contribution is 0.565. The van der Waals surface area contributed by atoms with Crippen molar-refractivity contribution in [2.45, 2.75) is 0 Å². The number of nitriles is 1. The molecular weight excluding hydrogens is 176 g/mol. The summed E-state index contributed by atoms with van der Waals surface area (Å²) in [6, 6.07) is 6.38. The van der Waals surface area contributed by atoms with Gasteiger partial charge in [0.15, 0.2) is 0 Å². The van der Waals surface area contributed by atoms with Crippen LogP contribution in [0, 0.1) is 11.3 Å². The number of hydrogen-bond acceptors (Lipinski definition) is 3. The van der Waals surface area contributed by atoms with Crippen molar-refractivity contribution in [1.82, 2.24) is 0 Å². The zero-order valence-corrected chi connectivity index (χ0v) is 6.67. The Morgan fingerprint density at radius 2 is 2.25 bits per heavy atom. The molecule has 1 rings (SSSR count). The van der Waals surface area contributed by atoms with Crippen molar-refractivity contribution in [1.29, 1.82) is 5.26 Å². The number of nitrogens with zero attached hydrogens (tertiary/aromatic N) is 2. The van der Waals surface area contributed by atoms with E-state index in [1.807, 2.05) is 6.07 Å². The Kier molecular flexibility index (Phi) is 2.60. The summed E-state index contributed by atoms with van der Waals surface area (Å²) in [6.45, 7) is 0. The fraction of sp³-hybridized carbons (Fsp3) is 0. The van der Waals surface area contributed by atoms with Gasteiger partial charge in [-0.3, -0.25) is 0 Å². The summed E-state index contributed by atoms with van der Waals surface area (Å²) in [6.07, 6.45) is 1.37. The molecule has 12 heavy (non-hydrogen) atoms. The minimum atomic E-state index is 0.275. The van der Waals surface area contributed by atoms with Crippen LogP contribution in [0.5, 0.6) is 0 Å². The summed E-state index contributed by atoms with van der Waals surface area (Å²) < 4.78 is 0. The fourth-order valence-electron chi connectivity index (χ4n) is 0.716. The van der Waals surface area contributed by atoms with Gasteiger partial charge in [0.2, 0.25) is 6.08 Å². The van der Waals surface area contributed by atoms with E-state index < -0.39 is 0 Å². The summed E-state index contributed by atoms with van der Waals surface area (Å²) in [5, 5.41) is 8.74. The molecule has 58 valence electrons. The third kappa shape index (κ3) is 1.70. The summed E-state index contributed by atoms with van der Waals surface area (Å²) in [7, 11) is 0. The number of rotatable bonds is 1. The molecule has 0 unspecified atom stereocenters. The molecule has 3 nitrogen and oxygen atoms in total. The number of halogens is 1. The van der Waals surface area contributed by atoms with E-state index in [9.17, 15) is 4.79 Å². The first kappa shape index (κ1) is 8.48. The van der Waals surface area contributed by atoms with Crippen molar-refractivity contribution in [2.75, 3.05) is 0 Å². The molecule has 0 bridgehead atoms. The molecule has 0 fully saturated rings. The third-order valence-electron chi connectivity index (χ3n) is 1.24. The normalized spacial score (nSPS) is 8.33. The highest BCUT2D eigenvalue weighted by Gasteiger charge is 1.98. The maximum absolute atomic E-state index is 9.87. The topological polar surface area (TPSA) is 53.2 Å². The Hall–Kier alpha value is -1.62. The lowest BCUT2D eigenvalue weighted by Gasteiger charge is -1.94. The van der Waals surface area contributed by atoms with Gasteiger partial charge in [-0.2, -0.15) is 10.3 Å². The van der Waals surface area contributed by atoms with Crippen molar-refractivity contribution < 1.29 is 4.79 Å². The number of aliphatic imine (C=N–C) groups is 1. The van der Waals surface area contributed by atoms with E-state index in [4.69, 9.17) is 16.9 Å². The van der Waals surface area contributed by atoms with Gasteiger partial charge in [-0.25, -0.2) is 4.79 Å². The molecule has 0 saturated carbocycles. The van der Waals surface area contributed by atoms with Gasteiger partial charge in [-0.1, -0.05) is 11.6 Å². The van der Waals surface area contributed by atoms with Crippen molar-refractivity contribution >= 4 is 23.4 Å². The van der Waals surface area contributed by atoms with Crippen LogP contribution in [0.15, 0.2) is 23.2 Å². The SMILES string of the molecule is N#Cc1ccc(N=C=O)c(Cl)c1. The van der Waals surface area contributed by atoms with Crippen LogP contribution < -0.4 is 0 Å². The van der Waals surface area contributed by atoms with E-state index in [2.05, 4.69) is 4.99 Å². The second-order valence-electron chi connectivity index (χ2n) is 1.98. The van der Waals surface area contributed by atoms with Crippen LogP contribution in [0.25, 0.3) is 0 Å². The van der Waals surface area contributed by atoms with E-state index in [0.29, 0.717) is 11.3 Å². The average molecular weight is 179 g/mol. The van der Waals surface area contributed by atoms with Crippen molar-refractivity contribution in [3.8, 4) is 6.07 Å². The van der Waals surface area contributed by atoms with Crippen LogP contribution in [-0.2, 0) is 4.79 Å². The number of benzene rings is 1. The highest BCUT2D eigenvalue weighted by Crippen LogP contribution is 2.24. The maximum Gasteiger partial charge on any atom is 0.240 e. The highest BCUT2D eigenvalue weighted by atomic mass is 35.5. The van der Waals surface area contributed by atoms with Crippen LogP contribution in [0.3, 0.4) is 0 Å². The van der Waals surface area contributed by atoms with E-state index in [1.54, 1.807) is 0 Å². The van der Waals surface area contributed by atoms with E-state index in [-0.39, 0.29) is 5.02 Å². The number of carbonyl (C=O) groups excluding carboxylic acids is 1. The molecule has 0 heterocycles. The summed E-state index contributed by atoms with van der Waals surface area (Å²) in [5.74, 6) is 0. The molecule has 1 aromatic rings. The maximum atomic E-state index is 9.87. The largest absolute Gasteiger partial charge is 0.240 e. The van der Waals surface area contributed by atoms with Crippen LogP contribution in [0.1, 0.15) is 5.56 Å². The standard InChI is InChI=1S/C8H3ClN2O/c9-7-3-6(4-10)1-2-8(7)11-5-12/h1-3H. The minimum Gasteiger partial charge on any atom is -0.211 e. The zero-order valence-electron chi connectivity index (χ0n) is 5.91. The predicted octanol–water partition coefficient (Wildman–Crippen LogP) is 2.18. The van der Waals surface area contributed by atoms with E-state index in [1.165, 1.54) is 24.3 Å². The van der Waals surface area contributed by atoms with Gasteiger partial charge in [-0.05, 0) is 18.2 Å². The van der Waals surface area contributed by atoms with Gasteiger partial charge in [0.05, 0.1) is 22.3 Å². The van der Waals surface area contributed by atoms with Crippen LogP contribution >= 0.6 is 11.6 Å². The van der Waals surface area contributed by atoms with Crippen molar-refractivity contribution in [2.24, 2.45) is 4.99 Å². The fourth-order valence-corrected chi connectivity index (χ4v) is 0.939. The summed E-state index contributed by atoms with van der Waals surface area (Å²) >= 11 is 5.66. The molecule has 0 saturated heterocycles. The predicted molar refractivity (Wildman–Crippen MR) is 43.9 cm³/mol. The number of isocyanates is 1. The first-order valence-electron chi connectivity index (χ1n) is 3.05. The first-order valence-corrected chi connectivity index (χ1v) is 3.43. The monoisotopic (exact) mass is 178 g/mol. The molecule has 0 aromatic heterocycles. The van der Waals surface area contributed by atoms with E-state index >= 15 is 0 Å². The number of hydrogen-bond donors (Lipinski definition) is 0. The first-order chi connectivity index (χ1) is 5.77. The quantitative estimate of drug-likeness (QED) is 0.489. The smallest absolute Gasteiger partial charge is 0.211 e. The Morgan fingerprint density at radius 1 is 1.50 bits per heavy atom. The van der Waals surface area contributed by atoms with Crippen LogP contribution in [0.4, 0.5) is 5.69 Å². The van der Waals surface area contributed by atoms with E-state index in [0.717, 1.165) is 0 Å². The van der Waals surface area contributed by atoms with Gasteiger partial charge in [0.25, 0.3) is 0 Å².